The predicted octanol–water partition coefficient (Wildman–Crippen LogP) is 0.374. The van der Waals surface area contributed by atoms with E-state index in [1.54, 1.807) is 13.8 Å². The smallest absolute Gasteiger partial charge is 0.338 e. The van der Waals surface area contributed by atoms with Gasteiger partial charge in [-0.05, 0) is 31.3 Å². The van der Waals surface area contributed by atoms with Crippen LogP contribution in [0.5, 0.6) is 0 Å². The summed E-state index contributed by atoms with van der Waals surface area (Å²) >= 11 is 0. The van der Waals surface area contributed by atoms with E-state index in [4.69, 9.17) is 9.47 Å². The monoisotopic (exact) mass is 376 g/mol. The van der Waals surface area contributed by atoms with Crippen LogP contribution in [0.15, 0.2) is 11.6 Å². The molecule has 0 amide bonds. The first-order valence-corrected chi connectivity index (χ1v) is 9.58. The van der Waals surface area contributed by atoms with Gasteiger partial charge in [0.25, 0.3) is 0 Å². The van der Waals surface area contributed by atoms with Crippen molar-refractivity contribution >= 4 is 17.7 Å². The third-order valence-electron chi connectivity index (χ3n) is 8.61. The molecule has 5 aliphatic rings. The maximum Gasteiger partial charge on any atom is 0.338 e. The van der Waals surface area contributed by atoms with Crippen molar-refractivity contribution in [1.29, 1.82) is 0 Å². The van der Waals surface area contributed by atoms with Crippen molar-refractivity contribution in [2.24, 2.45) is 34.5 Å². The number of carbonyl (C=O) groups excluding carboxylic acids is 3. The van der Waals surface area contributed by atoms with Crippen molar-refractivity contribution in [1.82, 2.24) is 0 Å². The zero-order chi connectivity index (χ0) is 19.5. The summed E-state index contributed by atoms with van der Waals surface area (Å²) in [6.07, 6.45) is 0.151. The standard InChI is InChI=1S/C20H24O7/c1-8-4-12(21)15(23)18(3)10(8)5-13-19-7-26-17(24)20(25,16(18)19)9(2)11(19)6-14(22)27-13/h4,9-11,13,15-16,23,25H,5-7H2,1-3H3/t9-,10+,11-,13+,15+,16+,18+,19+,20+/m0/s1. The van der Waals surface area contributed by atoms with Crippen molar-refractivity contribution in [2.45, 2.75) is 51.4 Å². The summed E-state index contributed by atoms with van der Waals surface area (Å²) in [5.41, 5.74) is -2.88. The molecule has 5 rings (SSSR count). The molecule has 146 valence electrons. The maximum atomic E-state index is 12.8. The normalized spacial score (nSPS) is 55.9. The largest absolute Gasteiger partial charge is 0.463 e. The number of ether oxygens (including phenoxy) is 2. The van der Waals surface area contributed by atoms with Crippen molar-refractivity contribution in [3.8, 4) is 0 Å². The number of esters is 2. The van der Waals surface area contributed by atoms with E-state index < -0.39 is 52.2 Å². The van der Waals surface area contributed by atoms with Crippen LogP contribution in [0.4, 0.5) is 0 Å². The molecule has 7 heteroatoms. The molecule has 1 spiro atoms. The first-order valence-electron chi connectivity index (χ1n) is 9.58. The summed E-state index contributed by atoms with van der Waals surface area (Å²) in [5.74, 6) is -3.28. The lowest BCUT2D eigenvalue weighted by Crippen LogP contribution is -2.73. The molecule has 2 N–H and O–H groups in total. The molecule has 3 aliphatic carbocycles. The quantitative estimate of drug-likeness (QED) is 0.588. The predicted molar refractivity (Wildman–Crippen MR) is 90.0 cm³/mol. The van der Waals surface area contributed by atoms with Gasteiger partial charge >= 0.3 is 11.9 Å². The summed E-state index contributed by atoms with van der Waals surface area (Å²) in [5, 5.41) is 22.7. The number of aliphatic hydroxyl groups excluding tert-OH is 1. The third-order valence-corrected chi connectivity index (χ3v) is 8.61. The maximum absolute atomic E-state index is 12.8. The van der Waals surface area contributed by atoms with Crippen molar-refractivity contribution < 1.29 is 34.1 Å². The molecule has 2 aliphatic heterocycles. The Morgan fingerprint density at radius 2 is 1.96 bits per heavy atom. The van der Waals surface area contributed by atoms with Gasteiger partial charge < -0.3 is 19.7 Å². The van der Waals surface area contributed by atoms with Crippen LogP contribution >= 0.6 is 0 Å². The highest BCUT2D eigenvalue weighted by Crippen LogP contribution is 2.74. The first-order chi connectivity index (χ1) is 12.6. The summed E-state index contributed by atoms with van der Waals surface area (Å²) in [4.78, 5) is 37.7. The number of ketones is 1. The second kappa shape index (κ2) is 4.81. The molecule has 2 heterocycles. The third kappa shape index (κ3) is 1.62. The van der Waals surface area contributed by atoms with Gasteiger partial charge in [0.1, 0.15) is 18.8 Å². The van der Waals surface area contributed by atoms with Crippen molar-refractivity contribution in [2.75, 3.05) is 6.61 Å². The second-order valence-electron chi connectivity index (χ2n) is 9.37. The molecule has 7 nitrogen and oxygen atoms in total. The van der Waals surface area contributed by atoms with E-state index in [0.29, 0.717) is 6.42 Å². The van der Waals surface area contributed by atoms with Gasteiger partial charge in [-0.2, -0.15) is 0 Å². The molecule has 0 aromatic heterocycles. The van der Waals surface area contributed by atoms with Crippen LogP contribution in [0.25, 0.3) is 0 Å². The molecule has 4 fully saturated rings. The van der Waals surface area contributed by atoms with Gasteiger partial charge in [0.15, 0.2) is 11.4 Å². The van der Waals surface area contributed by atoms with Crippen LogP contribution in [0.2, 0.25) is 0 Å². The molecule has 27 heavy (non-hydrogen) atoms. The number of cyclic esters (lactones) is 1. The number of carbonyl (C=O) groups is 3. The molecule has 0 aromatic rings. The highest BCUT2D eigenvalue weighted by Gasteiger charge is 2.83. The van der Waals surface area contributed by atoms with Crippen LogP contribution in [0.1, 0.15) is 33.6 Å². The van der Waals surface area contributed by atoms with Crippen LogP contribution < -0.4 is 0 Å². The van der Waals surface area contributed by atoms with Crippen molar-refractivity contribution in [3.63, 3.8) is 0 Å². The van der Waals surface area contributed by atoms with Crippen molar-refractivity contribution in [3.05, 3.63) is 11.6 Å². The van der Waals surface area contributed by atoms with E-state index in [-0.39, 0.29) is 30.8 Å². The van der Waals surface area contributed by atoms with Gasteiger partial charge in [0, 0.05) is 23.7 Å². The first kappa shape index (κ1) is 17.4. The Kier molecular flexibility index (Phi) is 3.10. The molecule has 9 atom stereocenters. The SMILES string of the molecule is CC1=CC(=O)[C@@H](O)[C@@]2(C)[C@@H]1C[C@H]1OC(=O)C[C@H]3[C@H](C)[C@]4(O)C(=O)OC[C@]13[C@H]42. The van der Waals surface area contributed by atoms with Gasteiger partial charge in [-0.15, -0.1) is 0 Å². The minimum absolute atomic E-state index is 0.0394. The van der Waals surface area contributed by atoms with E-state index in [2.05, 4.69) is 0 Å². The fourth-order valence-electron chi connectivity index (χ4n) is 7.56. The Labute approximate surface area is 156 Å². The van der Waals surface area contributed by atoms with E-state index in [9.17, 15) is 24.6 Å². The molecule has 2 bridgehead atoms. The molecule has 0 unspecified atom stereocenters. The number of hydrogen-bond acceptors (Lipinski definition) is 7. The van der Waals surface area contributed by atoms with E-state index in [1.807, 2.05) is 6.92 Å². The fourth-order valence-corrected chi connectivity index (χ4v) is 7.56. The Morgan fingerprint density at radius 3 is 2.67 bits per heavy atom. The summed E-state index contributed by atoms with van der Waals surface area (Å²) in [6, 6.07) is 0. The van der Waals surface area contributed by atoms with Crippen LogP contribution in [-0.2, 0) is 23.9 Å². The Bertz CT molecular complexity index is 817. The molecular formula is C20H24O7. The van der Waals surface area contributed by atoms with Crippen LogP contribution in [-0.4, -0.2) is 52.4 Å². The summed E-state index contributed by atoms with van der Waals surface area (Å²) in [7, 11) is 0. The average Bonchev–Trinajstić information content (AvgIpc) is 2.76. The fraction of sp³-hybridized carbons (Fsp3) is 0.750. The van der Waals surface area contributed by atoms with Gasteiger partial charge in [-0.25, -0.2) is 4.79 Å². The summed E-state index contributed by atoms with van der Waals surface area (Å²) < 4.78 is 11.2. The minimum atomic E-state index is -1.86. The Morgan fingerprint density at radius 1 is 1.26 bits per heavy atom. The van der Waals surface area contributed by atoms with Crippen LogP contribution in [0.3, 0.4) is 0 Å². The zero-order valence-corrected chi connectivity index (χ0v) is 15.6. The van der Waals surface area contributed by atoms with Crippen LogP contribution in [0, 0.1) is 34.5 Å². The number of rotatable bonds is 0. The summed E-state index contributed by atoms with van der Waals surface area (Å²) in [6.45, 7) is 5.43. The number of allylic oxidation sites excluding steroid dienone is 1. The van der Waals surface area contributed by atoms with E-state index in [0.717, 1.165) is 5.57 Å². The number of hydrogen-bond donors (Lipinski definition) is 2. The molecule has 2 saturated carbocycles. The topological polar surface area (TPSA) is 110 Å². The lowest BCUT2D eigenvalue weighted by Gasteiger charge is -2.64. The van der Waals surface area contributed by atoms with E-state index >= 15 is 0 Å². The highest BCUT2D eigenvalue weighted by molar-refractivity contribution is 5.96. The van der Waals surface area contributed by atoms with Gasteiger partial charge in [0.05, 0.1) is 5.41 Å². The molecule has 2 saturated heterocycles. The average molecular weight is 376 g/mol. The molecule has 0 aromatic carbocycles. The Hall–Kier alpha value is -1.73. The Balaban J connectivity index is 1.81. The van der Waals surface area contributed by atoms with Gasteiger partial charge in [-0.3, -0.25) is 9.59 Å². The molecular weight excluding hydrogens is 352 g/mol. The highest BCUT2D eigenvalue weighted by atomic mass is 16.6. The lowest BCUT2D eigenvalue weighted by molar-refractivity contribution is -0.268. The second-order valence-corrected chi connectivity index (χ2v) is 9.37. The van der Waals surface area contributed by atoms with E-state index in [1.165, 1.54) is 6.08 Å². The zero-order valence-electron chi connectivity index (χ0n) is 15.6. The lowest BCUT2D eigenvalue weighted by atomic mass is 9.43. The van der Waals surface area contributed by atoms with Gasteiger partial charge in [0.2, 0.25) is 0 Å². The number of aliphatic hydroxyl groups is 2. The molecule has 0 radical (unpaired) electrons. The van der Waals surface area contributed by atoms with Gasteiger partial charge in [-0.1, -0.05) is 19.4 Å². The minimum Gasteiger partial charge on any atom is -0.463 e. The number of fused-ring (bicyclic) bond motifs is 1.